The number of allylic oxidation sites excluding steroid dienone is 2. The number of benzene rings is 2. The van der Waals surface area contributed by atoms with Gasteiger partial charge in [-0.05, 0) is 47.7 Å². The van der Waals surface area contributed by atoms with Gasteiger partial charge in [0.1, 0.15) is 23.9 Å². The maximum atomic E-state index is 13.5. The van der Waals surface area contributed by atoms with E-state index >= 15 is 0 Å². The molecule has 29 heavy (non-hydrogen) atoms. The number of hydrogen-bond acceptors (Lipinski definition) is 5. The Morgan fingerprint density at radius 3 is 2.52 bits per heavy atom. The van der Waals surface area contributed by atoms with E-state index < -0.39 is 6.04 Å². The van der Waals surface area contributed by atoms with Crippen LogP contribution in [0.25, 0.3) is 0 Å². The Morgan fingerprint density at radius 2 is 1.79 bits per heavy atom. The predicted octanol–water partition coefficient (Wildman–Crippen LogP) is 3.84. The zero-order chi connectivity index (χ0) is 20.0. The second-order valence-electron chi connectivity index (χ2n) is 7.30. The van der Waals surface area contributed by atoms with Crippen molar-refractivity contribution in [3.63, 3.8) is 0 Å². The summed E-state index contributed by atoms with van der Waals surface area (Å²) in [6.45, 7) is 0. The fraction of sp³-hybridized carbons (Fsp3) is 0.227. The number of carbonyl (C=O) groups excluding carboxylic acids is 1. The quantitative estimate of drug-likeness (QED) is 0.736. The molecule has 1 aromatic heterocycles. The van der Waals surface area contributed by atoms with Gasteiger partial charge in [0.25, 0.3) is 0 Å². The lowest BCUT2D eigenvalue weighted by molar-refractivity contribution is -0.116. The number of rotatable bonds is 3. The van der Waals surface area contributed by atoms with E-state index in [0.717, 1.165) is 22.6 Å². The molecule has 0 bridgehead atoms. The van der Waals surface area contributed by atoms with Gasteiger partial charge in [-0.15, -0.1) is 0 Å². The smallest absolute Gasteiger partial charge is 0.226 e. The predicted molar refractivity (Wildman–Crippen MR) is 105 cm³/mol. The van der Waals surface area contributed by atoms with Crippen molar-refractivity contribution in [3.8, 4) is 5.75 Å². The lowest BCUT2D eigenvalue weighted by Crippen LogP contribution is -2.33. The van der Waals surface area contributed by atoms with E-state index in [1.807, 2.05) is 24.3 Å². The van der Waals surface area contributed by atoms with Crippen LogP contribution in [0.5, 0.6) is 5.75 Å². The molecule has 3 aromatic rings. The maximum absolute atomic E-state index is 13.5. The van der Waals surface area contributed by atoms with E-state index in [9.17, 15) is 9.18 Å². The summed E-state index contributed by atoms with van der Waals surface area (Å²) in [5.41, 5.74) is 3.44. The number of aromatic nitrogens is 3. The van der Waals surface area contributed by atoms with Crippen molar-refractivity contribution in [1.29, 1.82) is 0 Å². The summed E-state index contributed by atoms with van der Waals surface area (Å²) < 4.78 is 20.4. The number of ether oxygens (including phenoxy) is 1. The zero-order valence-corrected chi connectivity index (χ0v) is 15.8. The highest BCUT2D eigenvalue weighted by molar-refractivity contribution is 6.00. The molecule has 0 amide bonds. The molecule has 2 heterocycles. The van der Waals surface area contributed by atoms with E-state index in [-0.39, 0.29) is 17.5 Å². The van der Waals surface area contributed by atoms with Gasteiger partial charge in [0, 0.05) is 17.7 Å². The van der Waals surface area contributed by atoms with Gasteiger partial charge in [-0.25, -0.2) is 9.07 Å². The number of ketones is 1. The summed E-state index contributed by atoms with van der Waals surface area (Å²) in [6.07, 6.45) is 2.56. The first kappa shape index (κ1) is 17.6. The molecule has 0 fully saturated rings. The van der Waals surface area contributed by atoms with E-state index in [2.05, 4.69) is 15.4 Å². The second kappa shape index (κ2) is 6.84. The topological polar surface area (TPSA) is 69.0 Å². The van der Waals surface area contributed by atoms with E-state index in [1.54, 1.807) is 23.9 Å². The minimum Gasteiger partial charge on any atom is -0.497 e. The Bertz CT molecular complexity index is 1100. The molecule has 0 spiro atoms. The standard InChI is InChI=1S/C22H19FN4O2/c1-29-17-8-4-13(5-9-17)15-10-18-20(19(28)11-15)21(14-2-6-16(23)7-3-14)27-22(26-18)24-12-25-27/h2-9,12,15,21H,10-11H2,1H3,(H,24,25,26). The SMILES string of the molecule is COc1ccc(C2CC(=O)C3=C(C2)Nc2ncnn2C3c2ccc(F)cc2)cc1. The van der Waals surface area contributed by atoms with Gasteiger partial charge >= 0.3 is 0 Å². The fourth-order valence-electron chi connectivity index (χ4n) is 4.22. The molecule has 1 aliphatic carbocycles. The first-order chi connectivity index (χ1) is 14.1. The largest absolute Gasteiger partial charge is 0.497 e. The second-order valence-corrected chi connectivity index (χ2v) is 7.30. The van der Waals surface area contributed by atoms with Gasteiger partial charge < -0.3 is 10.1 Å². The molecule has 2 aliphatic rings. The molecular formula is C22H19FN4O2. The Hall–Kier alpha value is -3.48. The van der Waals surface area contributed by atoms with Crippen LogP contribution in [0, 0.1) is 5.82 Å². The number of hydrogen-bond donors (Lipinski definition) is 1. The number of carbonyl (C=O) groups is 1. The number of halogens is 1. The Morgan fingerprint density at radius 1 is 1.07 bits per heavy atom. The van der Waals surface area contributed by atoms with Crippen molar-refractivity contribution >= 4 is 11.7 Å². The van der Waals surface area contributed by atoms with Gasteiger partial charge in [0.05, 0.1) is 7.11 Å². The van der Waals surface area contributed by atoms with Crippen molar-refractivity contribution < 1.29 is 13.9 Å². The summed E-state index contributed by atoms with van der Waals surface area (Å²) in [4.78, 5) is 17.6. The number of nitrogens with zero attached hydrogens (tertiary/aromatic N) is 3. The third-order valence-electron chi connectivity index (χ3n) is 5.63. The molecule has 0 saturated carbocycles. The molecule has 1 N–H and O–H groups in total. The van der Waals surface area contributed by atoms with Crippen LogP contribution >= 0.6 is 0 Å². The molecule has 0 saturated heterocycles. The maximum Gasteiger partial charge on any atom is 0.226 e. The molecular weight excluding hydrogens is 371 g/mol. The van der Waals surface area contributed by atoms with Crippen molar-refractivity contribution in [2.75, 3.05) is 12.4 Å². The first-order valence-electron chi connectivity index (χ1n) is 9.46. The van der Waals surface area contributed by atoms with Gasteiger partial charge in [-0.2, -0.15) is 10.1 Å². The molecule has 1 aliphatic heterocycles. The average molecular weight is 390 g/mol. The third kappa shape index (κ3) is 2.99. The molecule has 2 aromatic carbocycles. The lowest BCUT2D eigenvalue weighted by Gasteiger charge is -2.35. The molecule has 6 nitrogen and oxygen atoms in total. The Kier molecular flexibility index (Phi) is 4.16. The number of Topliss-reactive ketones (excluding diaryl/α,β-unsaturated/α-hetero) is 1. The first-order valence-corrected chi connectivity index (χ1v) is 9.46. The van der Waals surface area contributed by atoms with Crippen molar-refractivity contribution in [2.24, 2.45) is 0 Å². The Labute approximate surface area is 167 Å². The monoisotopic (exact) mass is 390 g/mol. The summed E-state index contributed by atoms with van der Waals surface area (Å²) >= 11 is 0. The lowest BCUT2D eigenvalue weighted by atomic mass is 9.78. The van der Waals surface area contributed by atoms with Crippen molar-refractivity contribution in [3.05, 3.63) is 83.1 Å². The van der Waals surface area contributed by atoms with Gasteiger partial charge in [0.2, 0.25) is 5.95 Å². The van der Waals surface area contributed by atoms with Crippen LogP contribution in [0.15, 0.2) is 66.1 Å². The van der Waals surface area contributed by atoms with Gasteiger partial charge in [0.15, 0.2) is 5.78 Å². The molecule has 2 atom stereocenters. The molecule has 0 radical (unpaired) electrons. The van der Waals surface area contributed by atoms with E-state index in [0.29, 0.717) is 24.4 Å². The Balaban J connectivity index is 1.55. The minimum absolute atomic E-state index is 0.0649. The van der Waals surface area contributed by atoms with Crippen LogP contribution in [-0.2, 0) is 4.79 Å². The van der Waals surface area contributed by atoms with Crippen LogP contribution in [0.4, 0.5) is 10.3 Å². The zero-order valence-electron chi connectivity index (χ0n) is 15.8. The number of anilines is 1. The molecule has 146 valence electrons. The van der Waals surface area contributed by atoms with Crippen molar-refractivity contribution in [2.45, 2.75) is 24.8 Å². The third-order valence-corrected chi connectivity index (χ3v) is 5.63. The summed E-state index contributed by atoms with van der Waals surface area (Å²) in [5, 5.41) is 7.60. The van der Waals surface area contributed by atoms with Crippen LogP contribution < -0.4 is 10.1 Å². The summed E-state index contributed by atoms with van der Waals surface area (Å²) in [5.74, 6) is 1.19. The number of nitrogens with one attached hydrogen (secondary N) is 1. The van der Waals surface area contributed by atoms with Gasteiger partial charge in [-0.1, -0.05) is 24.3 Å². The highest BCUT2D eigenvalue weighted by Gasteiger charge is 2.39. The molecule has 2 unspecified atom stereocenters. The average Bonchev–Trinajstić information content (AvgIpc) is 3.21. The van der Waals surface area contributed by atoms with Crippen LogP contribution in [0.2, 0.25) is 0 Å². The van der Waals surface area contributed by atoms with Gasteiger partial charge in [-0.3, -0.25) is 4.79 Å². The van der Waals surface area contributed by atoms with Crippen LogP contribution in [0.1, 0.15) is 35.9 Å². The summed E-state index contributed by atoms with van der Waals surface area (Å²) in [6, 6.07) is 13.6. The summed E-state index contributed by atoms with van der Waals surface area (Å²) in [7, 11) is 1.63. The normalized spacial score (nSPS) is 20.7. The van der Waals surface area contributed by atoms with E-state index in [4.69, 9.17) is 4.74 Å². The highest BCUT2D eigenvalue weighted by Crippen LogP contribution is 2.43. The number of methoxy groups -OCH3 is 1. The van der Waals surface area contributed by atoms with Crippen LogP contribution in [0.3, 0.4) is 0 Å². The van der Waals surface area contributed by atoms with Crippen molar-refractivity contribution in [1.82, 2.24) is 14.8 Å². The number of fused-ring (bicyclic) bond motifs is 1. The fourth-order valence-corrected chi connectivity index (χ4v) is 4.22. The van der Waals surface area contributed by atoms with Crippen LogP contribution in [-0.4, -0.2) is 27.7 Å². The molecule has 5 rings (SSSR count). The molecule has 7 heteroatoms. The van der Waals surface area contributed by atoms with E-state index in [1.165, 1.54) is 18.5 Å². The minimum atomic E-state index is -0.409. The highest BCUT2D eigenvalue weighted by atomic mass is 19.1.